The van der Waals surface area contributed by atoms with Gasteiger partial charge in [-0.1, -0.05) is 48.5 Å². The van der Waals surface area contributed by atoms with Crippen LogP contribution in [0.2, 0.25) is 0 Å². The molecule has 2 heterocycles. The molecule has 0 saturated carbocycles. The lowest BCUT2D eigenvalue weighted by Gasteiger charge is -2.39. The first-order valence-corrected chi connectivity index (χ1v) is 9.98. The molecule has 0 spiro atoms. The van der Waals surface area contributed by atoms with Crippen LogP contribution in [-0.2, 0) is 15.1 Å². The smallest absolute Gasteiger partial charge is 0.261 e. The number of piperidine rings is 1. The third kappa shape index (κ3) is 3.18. The molecule has 1 unspecified atom stereocenters. The fourth-order valence-corrected chi connectivity index (χ4v) is 4.53. The first kappa shape index (κ1) is 19.2. The van der Waals surface area contributed by atoms with Crippen molar-refractivity contribution in [2.45, 2.75) is 25.3 Å². The van der Waals surface area contributed by atoms with E-state index in [1.54, 1.807) is 14.0 Å². The van der Waals surface area contributed by atoms with Gasteiger partial charge >= 0.3 is 0 Å². The zero-order valence-corrected chi connectivity index (χ0v) is 16.8. The molecule has 6 heteroatoms. The number of hydrogen-bond acceptors (Lipinski definition) is 4. The highest BCUT2D eigenvalue weighted by molar-refractivity contribution is 6.07. The number of carbonyl (C=O) groups is 2. The van der Waals surface area contributed by atoms with Crippen LogP contribution in [0.4, 0.5) is 0 Å². The van der Waals surface area contributed by atoms with Crippen molar-refractivity contribution in [2.24, 2.45) is 16.6 Å². The summed E-state index contributed by atoms with van der Waals surface area (Å²) < 4.78 is 0. The van der Waals surface area contributed by atoms with Gasteiger partial charge < -0.3 is 10.6 Å². The number of likely N-dealkylation sites (tertiary alicyclic amines) is 1. The Bertz CT molecular complexity index is 964. The molecule has 2 aromatic carbocycles. The van der Waals surface area contributed by atoms with Crippen molar-refractivity contribution in [3.63, 3.8) is 0 Å². The second kappa shape index (κ2) is 7.35. The van der Waals surface area contributed by atoms with Crippen LogP contribution in [-0.4, -0.2) is 47.7 Å². The number of rotatable bonds is 3. The number of amides is 2. The van der Waals surface area contributed by atoms with Gasteiger partial charge in [-0.05, 0) is 35.6 Å². The number of likely N-dealkylation sites (N-methyl/N-ethyl adjacent to an activating group) is 1. The van der Waals surface area contributed by atoms with Crippen molar-refractivity contribution in [3.05, 3.63) is 60.2 Å². The summed E-state index contributed by atoms with van der Waals surface area (Å²) >= 11 is 0. The summed E-state index contributed by atoms with van der Waals surface area (Å²) in [7, 11) is 1.68. The van der Waals surface area contributed by atoms with Crippen LogP contribution < -0.4 is 5.73 Å². The number of nitrogens with two attached hydrogens (primary N) is 1. The van der Waals surface area contributed by atoms with Crippen LogP contribution in [0.1, 0.15) is 25.3 Å². The van der Waals surface area contributed by atoms with Crippen molar-refractivity contribution in [1.82, 2.24) is 9.80 Å². The van der Waals surface area contributed by atoms with E-state index in [4.69, 9.17) is 10.7 Å². The summed E-state index contributed by atoms with van der Waals surface area (Å²) in [6.07, 6.45) is 1.43. The SMILES string of the molecule is CC(=O)N1CCC(C2(c3cccc(-c4ccccc4)c3)N=C(N)N(C)C2=O)CC1. The van der Waals surface area contributed by atoms with Gasteiger partial charge in [-0.2, -0.15) is 0 Å². The van der Waals surface area contributed by atoms with Gasteiger partial charge in [-0.25, -0.2) is 4.99 Å². The topological polar surface area (TPSA) is 79.0 Å². The van der Waals surface area contributed by atoms with Gasteiger partial charge in [0.25, 0.3) is 5.91 Å². The molecule has 0 aromatic heterocycles. The normalized spacial score (nSPS) is 22.7. The summed E-state index contributed by atoms with van der Waals surface area (Å²) in [4.78, 5) is 33.2. The summed E-state index contributed by atoms with van der Waals surface area (Å²) in [5, 5.41) is 0. The minimum absolute atomic E-state index is 0.0138. The molecule has 2 amide bonds. The van der Waals surface area contributed by atoms with Gasteiger partial charge in [0.05, 0.1) is 0 Å². The maximum Gasteiger partial charge on any atom is 0.261 e. The summed E-state index contributed by atoms with van der Waals surface area (Å²) in [5.74, 6) is 0.206. The van der Waals surface area contributed by atoms with Gasteiger partial charge in [0.15, 0.2) is 11.5 Å². The van der Waals surface area contributed by atoms with E-state index >= 15 is 0 Å². The molecular weight excluding hydrogens is 364 g/mol. The zero-order chi connectivity index (χ0) is 20.6. The average molecular weight is 390 g/mol. The molecular formula is C23H26N4O2. The number of nitrogens with zero attached hydrogens (tertiary/aromatic N) is 3. The Hall–Kier alpha value is -3.15. The number of benzene rings is 2. The fraction of sp³-hybridized carbons (Fsp3) is 0.348. The lowest BCUT2D eigenvalue weighted by Crippen LogP contribution is -2.49. The fourth-order valence-electron chi connectivity index (χ4n) is 4.53. The third-order valence-corrected chi connectivity index (χ3v) is 6.21. The number of aliphatic imine (C=N–C) groups is 1. The minimum atomic E-state index is -1.04. The van der Waals surface area contributed by atoms with Gasteiger partial charge in [-0.3, -0.25) is 14.5 Å². The van der Waals surface area contributed by atoms with Gasteiger partial charge in [-0.15, -0.1) is 0 Å². The Morgan fingerprint density at radius 3 is 2.31 bits per heavy atom. The van der Waals surface area contributed by atoms with Crippen LogP contribution in [0.25, 0.3) is 11.1 Å². The van der Waals surface area contributed by atoms with Gasteiger partial charge in [0.2, 0.25) is 5.91 Å². The van der Waals surface area contributed by atoms with E-state index in [1.165, 1.54) is 4.90 Å². The molecule has 2 aromatic rings. The Morgan fingerprint density at radius 1 is 1.07 bits per heavy atom. The lowest BCUT2D eigenvalue weighted by atomic mass is 9.72. The first-order chi connectivity index (χ1) is 13.9. The molecule has 4 rings (SSSR count). The van der Waals surface area contributed by atoms with Crippen LogP contribution in [0.15, 0.2) is 59.6 Å². The maximum atomic E-state index is 13.5. The molecule has 1 atom stereocenters. The van der Waals surface area contributed by atoms with E-state index < -0.39 is 5.54 Å². The Labute approximate surface area is 171 Å². The van der Waals surface area contributed by atoms with Crippen molar-refractivity contribution in [1.29, 1.82) is 0 Å². The Kier molecular flexibility index (Phi) is 4.86. The second-order valence-electron chi connectivity index (χ2n) is 7.83. The highest BCUT2D eigenvalue weighted by Crippen LogP contribution is 2.45. The first-order valence-electron chi connectivity index (χ1n) is 9.98. The largest absolute Gasteiger partial charge is 0.369 e. The standard InChI is InChI=1S/C23H26N4O2/c1-16(28)27-13-11-19(12-14-27)23(21(29)26(2)22(24)25-23)20-10-6-9-18(15-20)17-7-4-3-5-8-17/h3-10,15,19H,11-14H2,1-2H3,(H2,24,25). The molecule has 0 aliphatic carbocycles. The monoisotopic (exact) mass is 390 g/mol. The highest BCUT2D eigenvalue weighted by Gasteiger charge is 2.53. The molecule has 2 N–H and O–H groups in total. The molecule has 2 aliphatic heterocycles. The van der Waals surface area contributed by atoms with E-state index in [-0.39, 0.29) is 23.7 Å². The number of guanidine groups is 1. The highest BCUT2D eigenvalue weighted by atomic mass is 16.2. The van der Waals surface area contributed by atoms with Crippen molar-refractivity contribution in [2.75, 3.05) is 20.1 Å². The van der Waals surface area contributed by atoms with Crippen LogP contribution in [0.5, 0.6) is 0 Å². The Morgan fingerprint density at radius 2 is 1.72 bits per heavy atom. The van der Waals surface area contributed by atoms with E-state index in [2.05, 4.69) is 18.2 Å². The molecule has 150 valence electrons. The molecule has 29 heavy (non-hydrogen) atoms. The van der Waals surface area contributed by atoms with Gasteiger partial charge in [0, 0.05) is 33.0 Å². The number of hydrogen-bond donors (Lipinski definition) is 1. The number of carbonyl (C=O) groups excluding carboxylic acids is 2. The predicted octanol–water partition coefficient (Wildman–Crippen LogP) is 2.59. The maximum absolute atomic E-state index is 13.5. The average Bonchev–Trinajstić information content (AvgIpc) is 2.99. The van der Waals surface area contributed by atoms with E-state index in [0.29, 0.717) is 25.9 Å². The third-order valence-electron chi connectivity index (χ3n) is 6.21. The summed E-state index contributed by atoms with van der Waals surface area (Å²) in [5.41, 5.74) is 8.06. The predicted molar refractivity (Wildman–Crippen MR) is 113 cm³/mol. The zero-order valence-electron chi connectivity index (χ0n) is 16.8. The van der Waals surface area contributed by atoms with Crippen molar-refractivity contribution in [3.8, 4) is 11.1 Å². The minimum Gasteiger partial charge on any atom is -0.369 e. The molecule has 1 saturated heterocycles. The molecule has 2 aliphatic rings. The molecule has 0 bridgehead atoms. The van der Waals surface area contributed by atoms with E-state index in [1.807, 2.05) is 41.3 Å². The molecule has 1 fully saturated rings. The summed E-state index contributed by atoms with van der Waals surface area (Å²) in [6.45, 7) is 2.85. The lowest BCUT2D eigenvalue weighted by molar-refractivity contribution is -0.134. The quantitative estimate of drug-likeness (QED) is 0.875. The molecule has 6 nitrogen and oxygen atoms in total. The van der Waals surface area contributed by atoms with Gasteiger partial charge in [0.1, 0.15) is 0 Å². The van der Waals surface area contributed by atoms with Crippen molar-refractivity contribution >= 4 is 17.8 Å². The van der Waals surface area contributed by atoms with Crippen LogP contribution >= 0.6 is 0 Å². The second-order valence-corrected chi connectivity index (χ2v) is 7.83. The van der Waals surface area contributed by atoms with Crippen LogP contribution in [0.3, 0.4) is 0 Å². The van der Waals surface area contributed by atoms with Crippen molar-refractivity contribution < 1.29 is 9.59 Å². The Balaban J connectivity index is 1.77. The molecule has 0 radical (unpaired) electrons. The van der Waals surface area contributed by atoms with E-state index in [9.17, 15) is 9.59 Å². The van der Waals surface area contributed by atoms with E-state index in [0.717, 1.165) is 16.7 Å². The van der Waals surface area contributed by atoms with Crippen LogP contribution in [0, 0.1) is 5.92 Å². The summed E-state index contributed by atoms with van der Waals surface area (Å²) in [6, 6.07) is 18.1.